The van der Waals surface area contributed by atoms with Crippen molar-refractivity contribution in [2.45, 2.75) is 33.2 Å². The molecule has 76 valence electrons. The highest BCUT2D eigenvalue weighted by Crippen LogP contribution is 1.87. The first kappa shape index (κ1) is 12.1. The van der Waals surface area contributed by atoms with E-state index in [9.17, 15) is 9.59 Å². The van der Waals surface area contributed by atoms with E-state index in [1.165, 1.54) is 6.92 Å². The van der Waals surface area contributed by atoms with Gasteiger partial charge < -0.3 is 10.1 Å². The number of hydrogen-bond donors (Lipinski definition) is 1. The summed E-state index contributed by atoms with van der Waals surface area (Å²) in [5.41, 5.74) is 0. The van der Waals surface area contributed by atoms with Gasteiger partial charge in [0.15, 0.2) is 0 Å². The first-order chi connectivity index (χ1) is 6.06. The van der Waals surface area contributed by atoms with Crippen LogP contribution >= 0.6 is 0 Å². The fraction of sp³-hybridized carbons (Fsp3) is 0.778. The Morgan fingerprint density at radius 3 is 2.54 bits per heavy atom. The van der Waals surface area contributed by atoms with Crippen LogP contribution in [-0.4, -0.2) is 30.9 Å². The third-order valence-electron chi connectivity index (χ3n) is 1.39. The quantitative estimate of drug-likeness (QED) is 0.616. The molecule has 13 heavy (non-hydrogen) atoms. The van der Waals surface area contributed by atoms with E-state index in [1.807, 2.05) is 13.8 Å². The third-order valence-corrected chi connectivity index (χ3v) is 1.39. The number of nitrogens with one attached hydrogen (secondary N) is 1. The van der Waals surface area contributed by atoms with Crippen molar-refractivity contribution in [1.82, 2.24) is 5.32 Å². The normalized spacial score (nSPS) is 12.2. The fourth-order valence-electron chi connectivity index (χ4n) is 0.888. The number of Topliss-reactive ketones (excluding diaryl/α,β-unsaturated/α-hetero) is 1. The van der Waals surface area contributed by atoms with Gasteiger partial charge in [-0.05, 0) is 20.8 Å². The Morgan fingerprint density at radius 1 is 1.46 bits per heavy atom. The standard InChI is InChI=1S/C9H17NO3/c1-4-13-6-7(2)10-9(12)5-8(3)11/h7H,4-6H2,1-3H3,(H,10,12). The monoisotopic (exact) mass is 187 g/mol. The van der Waals surface area contributed by atoms with Gasteiger partial charge in [-0.3, -0.25) is 9.59 Å². The molecule has 0 radical (unpaired) electrons. The second-order valence-corrected chi connectivity index (χ2v) is 3.01. The molecule has 0 aliphatic heterocycles. The smallest absolute Gasteiger partial charge is 0.227 e. The molecular formula is C9H17NO3. The highest BCUT2D eigenvalue weighted by Gasteiger charge is 2.08. The summed E-state index contributed by atoms with van der Waals surface area (Å²) < 4.78 is 5.10. The van der Waals surface area contributed by atoms with Gasteiger partial charge in [-0.25, -0.2) is 0 Å². The van der Waals surface area contributed by atoms with Crippen molar-refractivity contribution >= 4 is 11.7 Å². The maximum Gasteiger partial charge on any atom is 0.227 e. The van der Waals surface area contributed by atoms with Gasteiger partial charge in [0.2, 0.25) is 5.91 Å². The van der Waals surface area contributed by atoms with Crippen LogP contribution in [0.3, 0.4) is 0 Å². The molecule has 0 aromatic carbocycles. The van der Waals surface area contributed by atoms with Crippen LogP contribution in [0.25, 0.3) is 0 Å². The number of hydrogen-bond acceptors (Lipinski definition) is 3. The first-order valence-electron chi connectivity index (χ1n) is 4.42. The fourth-order valence-corrected chi connectivity index (χ4v) is 0.888. The molecule has 1 N–H and O–H groups in total. The second kappa shape index (κ2) is 6.60. The predicted octanol–water partition coefficient (Wildman–Crippen LogP) is 0.507. The van der Waals surface area contributed by atoms with Crippen LogP contribution in [-0.2, 0) is 14.3 Å². The van der Waals surface area contributed by atoms with Crippen LogP contribution < -0.4 is 5.32 Å². The lowest BCUT2D eigenvalue weighted by molar-refractivity contribution is -0.127. The van der Waals surface area contributed by atoms with Crippen LogP contribution in [0.5, 0.6) is 0 Å². The molecule has 0 saturated heterocycles. The van der Waals surface area contributed by atoms with Crippen molar-refractivity contribution in [1.29, 1.82) is 0 Å². The zero-order valence-electron chi connectivity index (χ0n) is 8.42. The van der Waals surface area contributed by atoms with Crippen molar-refractivity contribution in [2.24, 2.45) is 0 Å². The largest absolute Gasteiger partial charge is 0.380 e. The Morgan fingerprint density at radius 2 is 2.08 bits per heavy atom. The average Bonchev–Trinajstić information content (AvgIpc) is 1.98. The van der Waals surface area contributed by atoms with E-state index in [4.69, 9.17) is 4.74 Å². The van der Waals surface area contributed by atoms with Crippen LogP contribution in [0, 0.1) is 0 Å². The Balaban J connectivity index is 3.59. The molecule has 0 aliphatic rings. The van der Waals surface area contributed by atoms with Gasteiger partial charge in [0.1, 0.15) is 5.78 Å². The molecule has 4 heteroatoms. The second-order valence-electron chi connectivity index (χ2n) is 3.01. The summed E-state index contributed by atoms with van der Waals surface area (Å²) in [7, 11) is 0. The van der Waals surface area contributed by atoms with Gasteiger partial charge in [0.05, 0.1) is 13.0 Å². The van der Waals surface area contributed by atoms with Crippen LogP contribution in [0.1, 0.15) is 27.2 Å². The molecule has 0 heterocycles. The molecule has 4 nitrogen and oxygen atoms in total. The van der Waals surface area contributed by atoms with Crippen LogP contribution in [0.4, 0.5) is 0 Å². The molecule has 0 aromatic rings. The zero-order chi connectivity index (χ0) is 10.3. The number of ether oxygens (including phenoxy) is 1. The van der Waals surface area contributed by atoms with Gasteiger partial charge in [-0.2, -0.15) is 0 Å². The minimum absolute atomic E-state index is 0.0354. The van der Waals surface area contributed by atoms with E-state index < -0.39 is 0 Å². The summed E-state index contributed by atoms with van der Waals surface area (Å²) in [5.74, 6) is -0.360. The predicted molar refractivity (Wildman–Crippen MR) is 49.4 cm³/mol. The minimum Gasteiger partial charge on any atom is -0.380 e. The van der Waals surface area contributed by atoms with Gasteiger partial charge >= 0.3 is 0 Å². The summed E-state index contributed by atoms with van der Waals surface area (Å²) in [6.45, 7) is 6.25. The van der Waals surface area contributed by atoms with Crippen molar-refractivity contribution in [2.75, 3.05) is 13.2 Å². The highest BCUT2D eigenvalue weighted by atomic mass is 16.5. The van der Waals surface area contributed by atoms with E-state index in [1.54, 1.807) is 0 Å². The summed E-state index contributed by atoms with van der Waals surface area (Å²) in [6, 6.07) is -0.0354. The Hall–Kier alpha value is -0.900. The van der Waals surface area contributed by atoms with E-state index >= 15 is 0 Å². The van der Waals surface area contributed by atoms with Crippen molar-refractivity contribution in [3.05, 3.63) is 0 Å². The summed E-state index contributed by atoms with van der Waals surface area (Å²) >= 11 is 0. The van der Waals surface area contributed by atoms with Crippen molar-refractivity contribution in [3.63, 3.8) is 0 Å². The van der Waals surface area contributed by atoms with Crippen LogP contribution in [0.2, 0.25) is 0 Å². The van der Waals surface area contributed by atoms with Gasteiger partial charge in [-0.15, -0.1) is 0 Å². The molecule has 0 fully saturated rings. The summed E-state index contributed by atoms with van der Waals surface area (Å²) in [5, 5.41) is 2.66. The number of ketones is 1. The van der Waals surface area contributed by atoms with Gasteiger partial charge in [-0.1, -0.05) is 0 Å². The molecule has 0 rings (SSSR count). The van der Waals surface area contributed by atoms with Crippen molar-refractivity contribution in [3.8, 4) is 0 Å². The van der Waals surface area contributed by atoms with E-state index in [2.05, 4.69) is 5.32 Å². The lowest BCUT2D eigenvalue weighted by Gasteiger charge is -2.12. The maximum absolute atomic E-state index is 11.0. The molecule has 1 unspecified atom stereocenters. The number of carbonyl (C=O) groups is 2. The highest BCUT2D eigenvalue weighted by molar-refractivity contribution is 5.96. The summed E-state index contributed by atoms with van der Waals surface area (Å²) in [6.07, 6.45) is -0.0452. The lowest BCUT2D eigenvalue weighted by atomic mass is 10.2. The molecule has 1 amide bonds. The Kier molecular flexibility index (Phi) is 6.14. The van der Waals surface area contributed by atoms with E-state index in [-0.39, 0.29) is 24.2 Å². The number of rotatable bonds is 6. The zero-order valence-corrected chi connectivity index (χ0v) is 8.42. The molecule has 0 aliphatic carbocycles. The molecule has 0 saturated carbocycles. The lowest BCUT2D eigenvalue weighted by Crippen LogP contribution is -2.36. The van der Waals surface area contributed by atoms with Crippen molar-refractivity contribution < 1.29 is 14.3 Å². The molecule has 0 bridgehead atoms. The minimum atomic E-state index is -0.236. The first-order valence-corrected chi connectivity index (χ1v) is 4.42. The maximum atomic E-state index is 11.0. The average molecular weight is 187 g/mol. The van der Waals surface area contributed by atoms with Gasteiger partial charge in [0, 0.05) is 12.6 Å². The molecule has 1 atom stereocenters. The SMILES string of the molecule is CCOCC(C)NC(=O)CC(C)=O. The number of carbonyl (C=O) groups excluding carboxylic acids is 2. The van der Waals surface area contributed by atoms with Gasteiger partial charge in [0.25, 0.3) is 0 Å². The van der Waals surface area contributed by atoms with E-state index in [0.29, 0.717) is 13.2 Å². The van der Waals surface area contributed by atoms with E-state index in [0.717, 1.165) is 0 Å². The molecule has 0 aromatic heterocycles. The topological polar surface area (TPSA) is 55.4 Å². The Bertz CT molecular complexity index is 180. The Labute approximate surface area is 78.6 Å². The summed E-state index contributed by atoms with van der Waals surface area (Å²) in [4.78, 5) is 21.6. The van der Waals surface area contributed by atoms with Crippen LogP contribution in [0.15, 0.2) is 0 Å². The molecular weight excluding hydrogens is 170 g/mol. The molecule has 0 spiro atoms. The third kappa shape index (κ3) is 7.46. The number of amides is 1.